The first-order valence-corrected chi connectivity index (χ1v) is 10.6. The van der Waals surface area contributed by atoms with Crippen molar-refractivity contribution in [3.8, 4) is 5.13 Å². The maximum atomic E-state index is 11.6. The van der Waals surface area contributed by atoms with Gasteiger partial charge < -0.3 is 16.5 Å². The number of pyridine rings is 2. The zero-order valence-corrected chi connectivity index (χ0v) is 18.8. The third-order valence-corrected chi connectivity index (χ3v) is 5.54. The molecular formula is C18H19BrN6O2S2. The largest absolute Gasteiger partial charge is 0.394 e. The summed E-state index contributed by atoms with van der Waals surface area (Å²) >= 11 is 6.35. The van der Waals surface area contributed by atoms with Crippen molar-refractivity contribution in [3.63, 3.8) is 0 Å². The van der Waals surface area contributed by atoms with E-state index in [2.05, 4.69) is 30.9 Å². The molecule has 11 heteroatoms. The number of nitrogens with zero attached hydrogens (tertiary/aromatic N) is 3. The molecule has 4 aromatic heterocycles. The van der Waals surface area contributed by atoms with Gasteiger partial charge >= 0.3 is 0 Å². The molecule has 0 fully saturated rings. The minimum atomic E-state index is -0.229. The Labute approximate surface area is 183 Å². The van der Waals surface area contributed by atoms with Crippen molar-refractivity contribution >= 4 is 50.0 Å². The number of hydrogen-bond acceptors (Lipinski definition) is 8. The number of aromatic amines is 1. The van der Waals surface area contributed by atoms with E-state index in [1.165, 1.54) is 20.8 Å². The molecule has 0 saturated heterocycles. The zero-order valence-electron chi connectivity index (χ0n) is 15.6. The van der Waals surface area contributed by atoms with Crippen LogP contribution in [-0.4, -0.2) is 19.5 Å². The lowest BCUT2D eigenvalue weighted by molar-refractivity contribution is 0.976. The topological polar surface area (TPSA) is 133 Å². The van der Waals surface area contributed by atoms with E-state index in [0.29, 0.717) is 5.13 Å². The molecule has 0 aliphatic rings. The summed E-state index contributed by atoms with van der Waals surface area (Å²) in [5, 5.41) is 0.653. The number of aryl methyl sites for hydroxylation is 2. The second-order valence-electron chi connectivity index (χ2n) is 5.57. The number of H-pyrrole nitrogens is 1. The van der Waals surface area contributed by atoms with Gasteiger partial charge in [0.05, 0.1) is 11.4 Å². The second kappa shape index (κ2) is 10.7. The van der Waals surface area contributed by atoms with Crippen LogP contribution in [0.25, 0.3) is 5.13 Å². The summed E-state index contributed by atoms with van der Waals surface area (Å²) in [7, 11) is 0. The molecule has 0 spiro atoms. The minimum Gasteiger partial charge on any atom is -0.394 e. The molecule has 29 heavy (non-hydrogen) atoms. The number of nitrogen functional groups attached to an aromatic ring is 2. The smallest absolute Gasteiger partial charge is 0.280 e. The molecule has 0 aromatic carbocycles. The van der Waals surface area contributed by atoms with Crippen molar-refractivity contribution in [2.24, 2.45) is 0 Å². The minimum absolute atomic E-state index is 0.221. The van der Waals surface area contributed by atoms with E-state index in [9.17, 15) is 9.59 Å². The molecule has 0 aliphatic carbocycles. The maximum Gasteiger partial charge on any atom is 0.280 e. The first kappa shape index (κ1) is 22.5. The average molecular weight is 495 g/mol. The van der Waals surface area contributed by atoms with Gasteiger partial charge in [-0.15, -0.1) is 22.7 Å². The molecule has 0 amide bonds. The number of thiazole rings is 2. The Kier molecular flexibility index (Phi) is 8.31. The highest BCUT2D eigenvalue weighted by Crippen LogP contribution is 2.16. The fourth-order valence-corrected chi connectivity index (χ4v) is 3.96. The number of anilines is 2. The summed E-state index contributed by atoms with van der Waals surface area (Å²) in [6.07, 6.45) is 6.78. The standard InChI is InChI=1S/C9H9N3OS.C5H6N2O.C4H4BrNS/c1-6-5-11-9(14-6)12-4-2-3-7(10)8(12)13;6-4-2-1-3-7-5(4)8;1-3-2-6-4(5)7-3/h2-5H,10H2,1H3;1-3H,6H2,(H,7,8);2H,1H3. The molecule has 5 N–H and O–H groups in total. The molecule has 0 saturated carbocycles. The molecule has 0 atom stereocenters. The van der Waals surface area contributed by atoms with E-state index in [1.54, 1.807) is 54.2 Å². The monoisotopic (exact) mass is 494 g/mol. The third kappa shape index (κ3) is 6.97. The Bertz CT molecular complexity index is 1160. The Morgan fingerprint density at radius 1 is 1.00 bits per heavy atom. The molecule has 8 nitrogen and oxygen atoms in total. The van der Waals surface area contributed by atoms with Gasteiger partial charge in [0.15, 0.2) is 9.05 Å². The Hall–Kier alpha value is -2.76. The third-order valence-electron chi connectivity index (χ3n) is 3.23. The van der Waals surface area contributed by atoms with E-state index in [-0.39, 0.29) is 22.5 Å². The molecule has 152 valence electrons. The van der Waals surface area contributed by atoms with E-state index in [1.807, 2.05) is 20.0 Å². The van der Waals surface area contributed by atoms with Crippen LogP contribution in [0.5, 0.6) is 0 Å². The highest BCUT2D eigenvalue weighted by atomic mass is 79.9. The van der Waals surface area contributed by atoms with Crippen LogP contribution in [0.3, 0.4) is 0 Å². The highest BCUT2D eigenvalue weighted by Gasteiger charge is 2.04. The van der Waals surface area contributed by atoms with Crippen molar-refractivity contribution in [2.75, 3.05) is 11.5 Å². The van der Waals surface area contributed by atoms with Crippen LogP contribution >= 0.6 is 38.6 Å². The number of nitrogens with two attached hydrogens (primary N) is 2. The van der Waals surface area contributed by atoms with Crippen LogP contribution in [0.15, 0.2) is 62.6 Å². The molecule has 4 heterocycles. The lowest BCUT2D eigenvalue weighted by Crippen LogP contribution is -2.20. The van der Waals surface area contributed by atoms with Gasteiger partial charge in [-0.25, -0.2) is 9.97 Å². The second-order valence-corrected chi connectivity index (χ2v) is 9.29. The van der Waals surface area contributed by atoms with Gasteiger partial charge in [0.1, 0.15) is 0 Å². The SMILES string of the molecule is Cc1cnc(-n2cccc(N)c2=O)s1.Cc1cnc(Br)s1.Nc1ccc[nH]c1=O. The fraction of sp³-hybridized carbons (Fsp3) is 0.111. The van der Waals surface area contributed by atoms with Gasteiger partial charge in [-0.2, -0.15) is 0 Å². The van der Waals surface area contributed by atoms with Gasteiger partial charge in [-0.3, -0.25) is 14.2 Å². The maximum absolute atomic E-state index is 11.6. The lowest BCUT2D eigenvalue weighted by Gasteiger charge is -2.00. The van der Waals surface area contributed by atoms with E-state index in [0.717, 1.165) is 8.79 Å². The summed E-state index contributed by atoms with van der Waals surface area (Å²) in [6, 6.07) is 6.54. The number of hydrogen-bond donors (Lipinski definition) is 3. The first-order chi connectivity index (χ1) is 13.8. The molecule has 4 aromatic rings. The summed E-state index contributed by atoms with van der Waals surface area (Å²) in [5.74, 6) is 0. The van der Waals surface area contributed by atoms with Crippen molar-refractivity contribution < 1.29 is 0 Å². The Morgan fingerprint density at radius 2 is 1.66 bits per heavy atom. The first-order valence-electron chi connectivity index (χ1n) is 8.19. The summed E-state index contributed by atoms with van der Waals surface area (Å²) in [6.45, 7) is 3.97. The van der Waals surface area contributed by atoms with Gasteiger partial charge in [-0.1, -0.05) is 0 Å². The van der Waals surface area contributed by atoms with E-state index >= 15 is 0 Å². The van der Waals surface area contributed by atoms with Crippen molar-refractivity contribution in [1.29, 1.82) is 0 Å². The highest BCUT2D eigenvalue weighted by molar-refractivity contribution is 9.11. The number of halogens is 1. The molecule has 0 radical (unpaired) electrons. The quantitative estimate of drug-likeness (QED) is 0.371. The summed E-state index contributed by atoms with van der Waals surface area (Å²) in [4.78, 5) is 34.8. The molecule has 4 rings (SSSR count). The van der Waals surface area contributed by atoms with Crippen molar-refractivity contribution in [2.45, 2.75) is 13.8 Å². The van der Waals surface area contributed by atoms with Crippen molar-refractivity contribution in [3.05, 3.63) is 83.4 Å². The molecule has 0 aliphatic heterocycles. The molecule has 0 unspecified atom stereocenters. The van der Waals surface area contributed by atoms with E-state index < -0.39 is 0 Å². The summed E-state index contributed by atoms with van der Waals surface area (Å²) < 4.78 is 2.41. The van der Waals surface area contributed by atoms with Crippen LogP contribution < -0.4 is 22.6 Å². The van der Waals surface area contributed by atoms with Crippen molar-refractivity contribution in [1.82, 2.24) is 19.5 Å². The van der Waals surface area contributed by atoms with Crippen LogP contribution in [0.2, 0.25) is 0 Å². The lowest BCUT2D eigenvalue weighted by atomic mass is 10.4. The average Bonchev–Trinajstić information content (AvgIpc) is 3.28. The van der Waals surface area contributed by atoms with Crippen LogP contribution in [0.1, 0.15) is 9.75 Å². The zero-order chi connectivity index (χ0) is 21.4. The Morgan fingerprint density at radius 3 is 2.10 bits per heavy atom. The summed E-state index contributed by atoms with van der Waals surface area (Å²) in [5.41, 5.74) is 10.7. The van der Waals surface area contributed by atoms with Gasteiger partial charge in [-0.05, 0) is 54.0 Å². The normalized spacial score (nSPS) is 9.76. The predicted octanol–water partition coefficient (Wildman–Crippen LogP) is 3.36. The molecular weight excluding hydrogens is 476 g/mol. The van der Waals surface area contributed by atoms with Gasteiger partial charge in [0.25, 0.3) is 11.1 Å². The predicted molar refractivity (Wildman–Crippen MR) is 123 cm³/mol. The van der Waals surface area contributed by atoms with Gasteiger partial charge in [0, 0.05) is 34.5 Å². The fourth-order valence-electron chi connectivity index (χ4n) is 1.88. The number of aromatic nitrogens is 4. The van der Waals surface area contributed by atoms with Crippen LogP contribution in [0, 0.1) is 13.8 Å². The molecule has 0 bridgehead atoms. The number of rotatable bonds is 1. The number of nitrogens with one attached hydrogen (secondary N) is 1. The van der Waals surface area contributed by atoms with Gasteiger partial charge in [0.2, 0.25) is 0 Å². The van der Waals surface area contributed by atoms with Crippen LogP contribution in [-0.2, 0) is 0 Å². The van der Waals surface area contributed by atoms with Crippen LogP contribution in [0.4, 0.5) is 11.4 Å². The Balaban J connectivity index is 0.000000170. The van der Waals surface area contributed by atoms with E-state index in [4.69, 9.17) is 11.5 Å².